The van der Waals surface area contributed by atoms with Crippen LogP contribution in [0.3, 0.4) is 0 Å². The number of rotatable bonds is 41. The maximum atomic E-state index is 13.0. The van der Waals surface area contributed by atoms with Crippen LogP contribution < -0.4 is 14.2 Å². The highest BCUT2D eigenvalue weighted by Crippen LogP contribution is 2.29. The molecule has 0 atom stereocenters. The van der Waals surface area contributed by atoms with Gasteiger partial charge in [-0.15, -0.1) is 0 Å². The molecule has 0 spiro atoms. The van der Waals surface area contributed by atoms with Gasteiger partial charge in [0.2, 0.25) is 5.75 Å². The fourth-order valence-corrected chi connectivity index (χ4v) is 8.15. The smallest absolute Gasteiger partial charge is 0.336 e. The molecule has 3 aromatic carbocycles. The van der Waals surface area contributed by atoms with E-state index in [1.165, 1.54) is 204 Å². The fraction of sp³-hybridized carbons (Fsp3) is 0.586. The molecule has 0 aromatic heterocycles. The minimum atomic E-state index is -0.770. The molecule has 0 saturated carbocycles. The number of carbonyl (C=O) groups is 2. The summed E-state index contributed by atoms with van der Waals surface area (Å²) in [6, 6.07) is 18.7. The second-order valence-corrected chi connectivity index (χ2v) is 18.1. The highest BCUT2D eigenvalue weighted by atomic mass is 16.6. The Morgan fingerprint density at radius 3 is 1.18 bits per heavy atom. The number of ether oxygens (including phenoxy) is 3. The first kappa shape index (κ1) is 55.6. The normalized spacial score (nSPS) is 11.4. The largest absolute Gasteiger partial charge is 0.494 e. The quantitative estimate of drug-likeness (QED) is 0.0106. The molecule has 0 aliphatic rings. The third kappa shape index (κ3) is 27.0. The van der Waals surface area contributed by atoms with Crippen LogP contribution in [-0.2, 0) is 4.79 Å². The van der Waals surface area contributed by atoms with Crippen molar-refractivity contribution in [3.8, 4) is 17.2 Å². The number of esters is 1. The predicted octanol–water partition coefficient (Wildman–Crippen LogP) is 17.6. The summed E-state index contributed by atoms with van der Waals surface area (Å²) in [6.45, 7) is 5.89. The molecule has 0 heterocycles. The molecule has 66 heavy (non-hydrogen) atoms. The van der Waals surface area contributed by atoms with Crippen molar-refractivity contribution in [3.05, 3.63) is 106 Å². The highest BCUT2D eigenvalue weighted by Gasteiger charge is 2.20. The van der Waals surface area contributed by atoms with E-state index in [0.29, 0.717) is 13.2 Å². The second kappa shape index (κ2) is 37.4. The number of ketones is 1. The van der Waals surface area contributed by atoms with Gasteiger partial charge in [0.25, 0.3) is 0 Å². The summed E-state index contributed by atoms with van der Waals surface area (Å²) in [4.78, 5) is 36.9. The molecular weight excluding hydrogens is 823 g/mol. The van der Waals surface area contributed by atoms with Gasteiger partial charge in [-0.25, -0.2) is 4.79 Å². The van der Waals surface area contributed by atoms with Crippen LogP contribution >= 0.6 is 0 Å². The fourth-order valence-electron chi connectivity index (χ4n) is 8.15. The molecule has 0 amide bonds. The van der Waals surface area contributed by atoms with Crippen LogP contribution in [-0.4, -0.2) is 29.9 Å². The van der Waals surface area contributed by atoms with Crippen LogP contribution in [0.15, 0.2) is 78.9 Å². The molecule has 8 nitrogen and oxygen atoms in total. The van der Waals surface area contributed by atoms with Gasteiger partial charge < -0.3 is 14.2 Å². The van der Waals surface area contributed by atoms with Gasteiger partial charge in [-0.2, -0.15) is 0 Å². The number of nitrogens with zero attached hydrogens (tertiary/aromatic N) is 1. The summed E-state index contributed by atoms with van der Waals surface area (Å²) in [5, 5.41) is 11.9. The van der Waals surface area contributed by atoms with Gasteiger partial charge in [0.15, 0.2) is 5.78 Å². The maximum absolute atomic E-state index is 13.0. The lowest BCUT2D eigenvalue weighted by Gasteiger charge is -2.07. The lowest BCUT2D eigenvalue weighted by molar-refractivity contribution is -0.385. The van der Waals surface area contributed by atoms with Crippen molar-refractivity contribution in [1.29, 1.82) is 0 Å². The number of nitro benzene ring substituents is 1. The lowest BCUT2D eigenvalue weighted by atomic mass is 10.0. The van der Waals surface area contributed by atoms with Crippen LogP contribution in [0.5, 0.6) is 17.2 Å². The monoisotopic (exact) mass is 908 g/mol. The van der Waals surface area contributed by atoms with Gasteiger partial charge in [0, 0.05) is 17.7 Å². The van der Waals surface area contributed by atoms with E-state index >= 15 is 0 Å². The zero-order valence-corrected chi connectivity index (χ0v) is 41.1. The average Bonchev–Trinajstić information content (AvgIpc) is 3.33. The van der Waals surface area contributed by atoms with Crippen LogP contribution in [0.2, 0.25) is 0 Å². The van der Waals surface area contributed by atoms with Gasteiger partial charge in [-0.1, -0.05) is 224 Å². The Kier molecular flexibility index (Phi) is 31.5. The molecule has 0 N–H and O–H groups in total. The summed E-state index contributed by atoms with van der Waals surface area (Å²) in [5.74, 6) is 0.128. The molecule has 364 valence electrons. The van der Waals surface area contributed by atoms with E-state index in [1.54, 1.807) is 12.2 Å². The molecule has 8 heteroatoms. The summed E-state index contributed by atoms with van der Waals surface area (Å²) < 4.78 is 17.2. The van der Waals surface area contributed by atoms with E-state index in [0.717, 1.165) is 41.5 Å². The van der Waals surface area contributed by atoms with Gasteiger partial charge in [-0.05, 0) is 72.5 Å². The summed E-state index contributed by atoms with van der Waals surface area (Å²) in [5.41, 5.74) is 1.19. The number of nitro groups is 1. The third-order valence-electron chi connectivity index (χ3n) is 12.3. The zero-order chi connectivity index (χ0) is 47.1. The number of hydrogen-bond acceptors (Lipinski definition) is 7. The molecular formula is C58H85NO7. The predicted molar refractivity (Wildman–Crippen MR) is 275 cm³/mol. The molecule has 0 radical (unpaired) electrons. The number of unbranched alkanes of at least 4 members (excludes halogenated alkanes) is 28. The van der Waals surface area contributed by atoms with E-state index in [9.17, 15) is 19.7 Å². The minimum Gasteiger partial charge on any atom is -0.494 e. The van der Waals surface area contributed by atoms with E-state index < -0.39 is 22.4 Å². The zero-order valence-electron chi connectivity index (χ0n) is 41.1. The molecule has 0 aliphatic heterocycles. The average molecular weight is 908 g/mol. The Morgan fingerprint density at radius 2 is 0.818 bits per heavy atom. The van der Waals surface area contributed by atoms with Crippen molar-refractivity contribution >= 4 is 29.6 Å². The third-order valence-corrected chi connectivity index (χ3v) is 12.3. The summed E-state index contributed by atoms with van der Waals surface area (Å²) >= 11 is 0. The SMILES string of the molecule is CCCCCCCCCCCCCCCCCCOc1ccc(/C=C/C(=O)Oc2ccc(C(=O)/C=C/c3ccc(OCCCCCCCCCCCCCCCC)cc3)cc2[N+](=O)[O-])cc1. The number of benzene rings is 3. The number of allylic oxidation sites excluding steroid dienone is 1. The van der Waals surface area contributed by atoms with E-state index in [2.05, 4.69) is 13.8 Å². The summed E-state index contributed by atoms with van der Waals surface area (Å²) in [7, 11) is 0. The van der Waals surface area contributed by atoms with Crippen molar-refractivity contribution in [2.75, 3.05) is 13.2 Å². The van der Waals surface area contributed by atoms with Crippen molar-refractivity contribution < 1.29 is 28.7 Å². The topological polar surface area (TPSA) is 105 Å². The number of carbonyl (C=O) groups excluding carboxylic acids is 2. The Labute approximate surface area is 399 Å². The summed E-state index contributed by atoms with van der Waals surface area (Å²) in [6.07, 6.45) is 45.6. The van der Waals surface area contributed by atoms with Gasteiger partial charge >= 0.3 is 11.7 Å². The first-order valence-electron chi connectivity index (χ1n) is 26.3. The van der Waals surface area contributed by atoms with Crippen LogP contribution in [0.25, 0.3) is 12.2 Å². The molecule has 0 unspecified atom stereocenters. The van der Waals surface area contributed by atoms with E-state index in [4.69, 9.17) is 14.2 Å². The molecule has 0 bridgehead atoms. The Balaban J connectivity index is 1.27. The first-order chi connectivity index (χ1) is 32.4. The molecule has 3 rings (SSSR count). The highest BCUT2D eigenvalue weighted by molar-refractivity contribution is 6.07. The molecule has 0 saturated heterocycles. The van der Waals surface area contributed by atoms with Crippen molar-refractivity contribution in [1.82, 2.24) is 0 Å². The standard InChI is InChI=1S/C58H85NO7/c1-3-5-7-9-11-13-15-17-19-20-22-24-26-28-30-32-48-65-54-42-35-51(36-43-54)38-46-58(61)66-57-45-39-52(49-55(57)59(62)63)56(60)44-37-50-33-40-53(41-34-50)64-47-31-29-27-25-23-21-18-16-14-12-10-8-6-4-2/h33-46,49H,3-32,47-48H2,1-2H3/b44-37+,46-38+. The minimum absolute atomic E-state index is 0.110. The Morgan fingerprint density at radius 1 is 0.470 bits per heavy atom. The molecule has 3 aromatic rings. The second-order valence-electron chi connectivity index (χ2n) is 18.1. The van der Waals surface area contributed by atoms with Crippen LogP contribution in [0.4, 0.5) is 5.69 Å². The Bertz CT molecular complexity index is 1780. The number of hydrogen-bond donors (Lipinski definition) is 0. The van der Waals surface area contributed by atoms with E-state index in [1.807, 2.05) is 48.5 Å². The van der Waals surface area contributed by atoms with Crippen molar-refractivity contribution in [3.63, 3.8) is 0 Å². The lowest BCUT2D eigenvalue weighted by Crippen LogP contribution is -2.07. The molecule has 0 aliphatic carbocycles. The van der Waals surface area contributed by atoms with E-state index in [-0.39, 0.29) is 11.3 Å². The first-order valence-corrected chi connectivity index (χ1v) is 26.3. The van der Waals surface area contributed by atoms with Crippen molar-refractivity contribution in [2.45, 2.75) is 206 Å². The Hall–Kier alpha value is -4.72. The maximum Gasteiger partial charge on any atom is 0.336 e. The van der Waals surface area contributed by atoms with Crippen LogP contribution in [0.1, 0.15) is 228 Å². The molecule has 0 fully saturated rings. The van der Waals surface area contributed by atoms with Crippen LogP contribution in [0, 0.1) is 10.1 Å². The van der Waals surface area contributed by atoms with Crippen molar-refractivity contribution in [2.24, 2.45) is 0 Å². The van der Waals surface area contributed by atoms with Gasteiger partial charge in [-0.3, -0.25) is 14.9 Å². The van der Waals surface area contributed by atoms with Gasteiger partial charge in [0.05, 0.1) is 18.1 Å². The van der Waals surface area contributed by atoms with Gasteiger partial charge in [0.1, 0.15) is 11.5 Å².